The third-order valence-electron chi connectivity index (χ3n) is 3.95. The van der Waals surface area contributed by atoms with Crippen molar-refractivity contribution in [3.05, 3.63) is 57.6 Å². The number of anilines is 1. The number of carboxylic acid groups (broad SMARTS) is 1. The van der Waals surface area contributed by atoms with Crippen LogP contribution in [0.25, 0.3) is 0 Å². The second-order valence-electron chi connectivity index (χ2n) is 5.73. The summed E-state index contributed by atoms with van der Waals surface area (Å²) >= 11 is 12.0. The van der Waals surface area contributed by atoms with Crippen LogP contribution in [0.3, 0.4) is 0 Å². The van der Waals surface area contributed by atoms with Gasteiger partial charge in [-0.25, -0.2) is 0 Å². The summed E-state index contributed by atoms with van der Waals surface area (Å²) in [6.07, 6.45) is 1.02. The molecular weight excluding hydrogens is 377 g/mol. The van der Waals surface area contributed by atoms with Gasteiger partial charge in [0.15, 0.2) is 0 Å². The number of aryl methyl sites for hydroxylation is 1. The fourth-order valence-corrected chi connectivity index (χ4v) is 3.09. The summed E-state index contributed by atoms with van der Waals surface area (Å²) in [6.45, 7) is 0. The van der Waals surface area contributed by atoms with Crippen molar-refractivity contribution in [1.82, 2.24) is 0 Å². The maximum atomic E-state index is 12.8. The number of carbonyl (C=O) groups is 2. The number of hydrogen-bond donors (Lipinski definition) is 1. The minimum atomic E-state index is -0.855. The highest BCUT2D eigenvalue weighted by Gasteiger charge is 2.19. The monoisotopic (exact) mass is 395 g/mol. The van der Waals surface area contributed by atoms with Gasteiger partial charge in [0.25, 0.3) is 5.91 Å². The van der Waals surface area contributed by atoms with Crippen molar-refractivity contribution in [1.29, 1.82) is 0 Å². The van der Waals surface area contributed by atoms with Gasteiger partial charge in [0.2, 0.25) is 0 Å². The number of carboxylic acids is 1. The first-order valence-electron chi connectivity index (χ1n) is 7.95. The quantitative estimate of drug-likeness (QED) is 0.738. The van der Waals surface area contributed by atoms with E-state index in [0.29, 0.717) is 34.9 Å². The Kier molecular flexibility index (Phi) is 6.89. The lowest BCUT2D eigenvalue weighted by Crippen LogP contribution is -2.27. The standard InChI is InChI=1S/C19H19Cl2NO4/c1-22(19(25)15-8-6-13(20)11-16(15)21)17-9-7-14(26-2)10-12(17)4-3-5-18(23)24/h6-11H,3-5H2,1-2H3,(H,23,24). The van der Waals surface area contributed by atoms with Gasteiger partial charge >= 0.3 is 5.97 Å². The molecule has 1 N–H and O–H groups in total. The van der Waals surface area contributed by atoms with Crippen LogP contribution in [0.4, 0.5) is 5.69 Å². The van der Waals surface area contributed by atoms with E-state index < -0.39 is 5.97 Å². The summed E-state index contributed by atoms with van der Waals surface area (Å²) in [5.41, 5.74) is 1.84. The van der Waals surface area contributed by atoms with Crippen LogP contribution in [-0.4, -0.2) is 31.1 Å². The number of rotatable bonds is 7. The molecule has 5 nitrogen and oxygen atoms in total. The van der Waals surface area contributed by atoms with Crippen LogP contribution in [0.1, 0.15) is 28.8 Å². The highest BCUT2D eigenvalue weighted by atomic mass is 35.5. The van der Waals surface area contributed by atoms with Gasteiger partial charge in [-0.1, -0.05) is 23.2 Å². The average molecular weight is 396 g/mol. The summed E-state index contributed by atoms with van der Waals surface area (Å²) < 4.78 is 5.24. The Morgan fingerprint density at radius 2 is 1.88 bits per heavy atom. The Morgan fingerprint density at radius 1 is 1.15 bits per heavy atom. The second-order valence-corrected chi connectivity index (χ2v) is 6.57. The Labute approximate surface area is 162 Å². The van der Waals surface area contributed by atoms with Crippen molar-refractivity contribution < 1.29 is 19.4 Å². The molecule has 26 heavy (non-hydrogen) atoms. The number of halogens is 2. The van der Waals surface area contributed by atoms with E-state index in [4.69, 9.17) is 33.0 Å². The first-order chi connectivity index (χ1) is 12.3. The zero-order chi connectivity index (χ0) is 19.3. The lowest BCUT2D eigenvalue weighted by atomic mass is 10.0. The van der Waals surface area contributed by atoms with Gasteiger partial charge < -0.3 is 14.7 Å². The Bertz CT molecular complexity index is 823. The topological polar surface area (TPSA) is 66.8 Å². The molecule has 0 spiro atoms. The van der Waals surface area contributed by atoms with E-state index in [-0.39, 0.29) is 17.4 Å². The SMILES string of the molecule is COc1ccc(N(C)C(=O)c2ccc(Cl)cc2Cl)c(CCCC(=O)O)c1. The molecule has 2 aromatic carbocycles. The van der Waals surface area contributed by atoms with E-state index >= 15 is 0 Å². The molecule has 7 heteroatoms. The maximum absolute atomic E-state index is 12.8. The Morgan fingerprint density at radius 3 is 2.50 bits per heavy atom. The van der Waals surface area contributed by atoms with Crippen LogP contribution in [0.15, 0.2) is 36.4 Å². The van der Waals surface area contributed by atoms with Crippen LogP contribution >= 0.6 is 23.2 Å². The van der Waals surface area contributed by atoms with Gasteiger partial charge in [0.1, 0.15) is 5.75 Å². The number of benzene rings is 2. The molecule has 0 aromatic heterocycles. The minimum Gasteiger partial charge on any atom is -0.497 e. The first kappa shape index (κ1) is 20.1. The molecular formula is C19H19Cl2NO4. The minimum absolute atomic E-state index is 0.0529. The summed E-state index contributed by atoms with van der Waals surface area (Å²) in [5.74, 6) is -0.493. The van der Waals surface area contributed by atoms with Gasteiger partial charge in [-0.2, -0.15) is 0 Å². The Balaban J connectivity index is 2.32. The van der Waals surface area contributed by atoms with Crippen LogP contribution in [0.5, 0.6) is 5.75 Å². The van der Waals surface area contributed by atoms with Gasteiger partial charge in [-0.15, -0.1) is 0 Å². The number of ether oxygens (including phenoxy) is 1. The van der Waals surface area contributed by atoms with Crippen LogP contribution < -0.4 is 9.64 Å². The van der Waals surface area contributed by atoms with Gasteiger partial charge in [0.05, 0.1) is 17.7 Å². The number of carbonyl (C=O) groups excluding carboxylic acids is 1. The zero-order valence-electron chi connectivity index (χ0n) is 14.5. The average Bonchev–Trinajstić information content (AvgIpc) is 2.60. The number of nitrogens with zero attached hydrogens (tertiary/aromatic N) is 1. The van der Waals surface area contributed by atoms with E-state index in [1.54, 1.807) is 38.4 Å². The lowest BCUT2D eigenvalue weighted by molar-refractivity contribution is -0.137. The van der Waals surface area contributed by atoms with Crippen molar-refractivity contribution in [2.75, 3.05) is 19.1 Å². The largest absolute Gasteiger partial charge is 0.497 e. The number of methoxy groups -OCH3 is 1. The van der Waals surface area contributed by atoms with Crippen molar-refractivity contribution in [2.24, 2.45) is 0 Å². The van der Waals surface area contributed by atoms with Crippen LogP contribution in [0.2, 0.25) is 10.0 Å². The summed E-state index contributed by atoms with van der Waals surface area (Å²) in [7, 11) is 3.20. The second kappa shape index (κ2) is 8.92. The molecule has 0 radical (unpaired) electrons. The van der Waals surface area contributed by atoms with E-state index in [9.17, 15) is 9.59 Å². The summed E-state index contributed by atoms with van der Waals surface area (Å²) in [6, 6.07) is 10.0. The maximum Gasteiger partial charge on any atom is 0.303 e. The van der Waals surface area contributed by atoms with Crippen molar-refractivity contribution in [3.8, 4) is 5.75 Å². The molecule has 0 aliphatic heterocycles. The van der Waals surface area contributed by atoms with Crippen molar-refractivity contribution >= 4 is 40.8 Å². The third-order valence-corrected chi connectivity index (χ3v) is 4.50. The highest BCUT2D eigenvalue weighted by Crippen LogP contribution is 2.29. The molecule has 138 valence electrons. The lowest BCUT2D eigenvalue weighted by Gasteiger charge is -2.22. The van der Waals surface area contributed by atoms with Gasteiger partial charge in [-0.3, -0.25) is 9.59 Å². The number of hydrogen-bond acceptors (Lipinski definition) is 3. The molecule has 0 unspecified atom stereocenters. The highest BCUT2D eigenvalue weighted by molar-refractivity contribution is 6.37. The molecule has 2 rings (SSSR count). The summed E-state index contributed by atoms with van der Waals surface area (Å²) in [5, 5.41) is 9.57. The molecule has 0 fully saturated rings. The molecule has 2 aromatic rings. The molecule has 0 saturated carbocycles. The van der Waals surface area contributed by atoms with E-state index in [1.165, 1.54) is 11.0 Å². The third kappa shape index (κ3) is 4.90. The Hall–Kier alpha value is -2.24. The molecule has 0 saturated heterocycles. The van der Waals surface area contributed by atoms with Crippen LogP contribution in [-0.2, 0) is 11.2 Å². The van der Waals surface area contributed by atoms with E-state index in [1.807, 2.05) is 6.07 Å². The van der Waals surface area contributed by atoms with Crippen molar-refractivity contribution in [3.63, 3.8) is 0 Å². The molecule has 0 aliphatic carbocycles. The smallest absolute Gasteiger partial charge is 0.303 e. The van der Waals surface area contributed by atoms with Gasteiger partial charge in [-0.05, 0) is 54.8 Å². The fourth-order valence-electron chi connectivity index (χ4n) is 2.60. The van der Waals surface area contributed by atoms with E-state index in [2.05, 4.69) is 0 Å². The molecule has 0 aliphatic rings. The molecule has 0 atom stereocenters. The van der Waals surface area contributed by atoms with E-state index in [0.717, 1.165) is 5.56 Å². The summed E-state index contributed by atoms with van der Waals surface area (Å²) in [4.78, 5) is 25.1. The molecule has 0 bridgehead atoms. The first-order valence-corrected chi connectivity index (χ1v) is 8.71. The zero-order valence-corrected chi connectivity index (χ0v) is 16.0. The van der Waals surface area contributed by atoms with Crippen molar-refractivity contribution in [2.45, 2.75) is 19.3 Å². The predicted octanol–water partition coefficient (Wildman–Crippen LogP) is 4.69. The van der Waals surface area contributed by atoms with Gasteiger partial charge in [0, 0.05) is 24.2 Å². The number of amides is 1. The van der Waals surface area contributed by atoms with Crippen LogP contribution in [0, 0.1) is 0 Å². The normalized spacial score (nSPS) is 10.5. The predicted molar refractivity (Wildman–Crippen MR) is 103 cm³/mol. The fraction of sp³-hybridized carbons (Fsp3) is 0.263. The number of aliphatic carboxylic acids is 1. The molecule has 0 heterocycles. The molecule has 1 amide bonds.